The quantitative estimate of drug-likeness (QED) is 0.811. The lowest BCUT2D eigenvalue weighted by Crippen LogP contribution is -2.34. The molecule has 2 N–H and O–H groups in total. The zero-order valence-corrected chi connectivity index (χ0v) is 15.7. The Labute approximate surface area is 159 Å². The summed E-state index contributed by atoms with van der Waals surface area (Å²) < 4.78 is 5.47. The summed E-state index contributed by atoms with van der Waals surface area (Å²) in [6.45, 7) is 4.57. The smallest absolute Gasteiger partial charge is 0.341 e. The molecule has 2 aromatic rings. The molecule has 27 heavy (non-hydrogen) atoms. The average Bonchev–Trinajstić information content (AvgIpc) is 2.99. The summed E-state index contributed by atoms with van der Waals surface area (Å²) in [5, 5.41) is 14.0. The lowest BCUT2D eigenvalue weighted by Gasteiger charge is -2.29. The van der Waals surface area contributed by atoms with Crippen molar-refractivity contribution in [2.75, 3.05) is 31.5 Å². The summed E-state index contributed by atoms with van der Waals surface area (Å²) in [5.41, 5.74) is 1.84. The molecule has 2 saturated heterocycles. The molecule has 2 bridgehead atoms. The van der Waals surface area contributed by atoms with Gasteiger partial charge in [-0.1, -0.05) is 0 Å². The van der Waals surface area contributed by atoms with E-state index in [9.17, 15) is 9.90 Å². The molecule has 1 saturated carbocycles. The van der Waals surface area contributed by atoms with Crippen LogP contribution in [0.1, 0.15) is 37.7 Å². The highest BCUT2D eigenvalue weighted by molar-refractivity contribution is 5.92. The third kappa shape index (κ3) is 3.33. The van der Waals surface area contributed by atoms with E-state index in [1.807, 2.05) is 6.07 Å². The topological polar surface area (TPSA) is 65.7 Å². The van der Waals surface area contributed by atoms with E-state index in [0.717, 1.165) is 54.4 Å². The molecule has 1 atom stereocenters. The van der Waals surface area contributed by atoms with Crippen molar-refractivity contribution >= 4 is 16.7 Å². The summed E-state index contributed by atoms with van der Waals surface area (Å²) in [6.07, 6.45) is 7.58. The van der Waals surface area contributed by atoms with E-state index in [-0.39, 0.29) is 11.4 Å². The predicted octanol–water partition coefficient (Wildman–Crippen LogP) is 3.59. The fourth-order valence-corrected chi connectivity index (χ4v) is 5.38. The zero-order chi connectivity index (χ0) is 18.4. The lowest BCUT2D eigenvalue weighted by molar-refractivity contribution is 0.233. The minimum Gasteiger partial charge on any atom is -0.508 e. The van der Waals surface area contributed by atoms with Crippen molar-refractivity contribution < 1.29 is 9.52 Å². The third-order valence-corrected chi connectivity index (χ3v) is 6.90. The first-order valence-electron chi connectivity index (χ1n) is 10.4. The van der Waals surface area contributed by atoms with Crippen molar-refractivity contribution in [3.8, 4) is 5.75 Å². The maximum absolute atomic E-state index is 12.5. The highest BCUT2D eigenvalue weighted by Gasteiger charge is 2.30. The molecule has 5 heteroatoms. The van der Waals surface area contributed by atoms with Crippen LogP contribution in [0.25, 0.3) is 11.0 Å². The van der Waals surface area contributed by atoms with Gasteiger partial charge in [0.05, 0.1) is 11.3 Å². The standard InChI is InChI=1S/C22H28N2O3/c25-17-5-6-18-20(10-17)27-22(26)19-9-16(11-23-21(18)19)7-8-24-12-14-1-2-15(13-24)4-3-14/h5-6,10,14-16,23,25H,1-4,7-9,11-13H2. The Bertz CT molecular complexity index is 884. The maximum Gasteiger partial charge on any atom is 0.341 e. The minimum absolute atomic E-state index is 0.116. The molecule has 6 rings (SSSR count). The molecule has 0 radical (unpaired) electrons. The van der Waals surface area contributed by atoms with Gasteiger partial charge >= 0.3 is 5.63 Å². The van der Waals surface area contributed by atoms with Crippen molar-refractivity contribution in [2.24, 2.45) is 17.8 Å². The summed E-state index contributed by atoms with van der Waals surface area (Å²) in [7, 11) is 0. The van der Waals surface area contributed by atoms with Crippen molar-refractivity contribution in [3.63, 3.8) is 0 Å². The van der Waals surface area contributed by atoms with Crippen molar-refractivity contribution in [3.05, 3.63) is 34.2 Å². The van der Waals surface area contributed by atoms with Crippen molar-refractivity contribution in [1.82, 2.24) is 4.90 Å². The van der Waals surface area contributed by atoms with Gasteiger partial charge in [0.1, 0.15) is 11.3 Å². The molecule has 1 aromatic heterocycles. The largest absolute Gasteiger partial charge is 0.508 e. The second kappa shape index (κ2) is 6.86. The molecule has 4 heterocycles. The van der Waals surface area contributed by atoms with Crippen molar-refractivity contribution in [1.29, 1.82) is 0 Å². The number of benzene rings is 1. The van der Waals surface area contributed by atoms with Crippen LogP contribution in [0, 0.1) is 17.8 Å². The molecule has 3 fully saturated rings. The van der Waals surface area contributed by atoms with Gasteiger partial charge in [0.25, 0.3) is 0 Å². The predicted molar refractivity (Wildman–Crippen MR) is 106 cm³/mol. The maximum atomic E-state index is 12.5. The molecular weight excluding hydrogens is 340 g/mol. The van der Waals surface area contributed by atoms with Crippen LogP contribution in [-0.2, 0) is 6.42 Å². The van der Waals surface area contributed by atoms with E-state index in [4.69, 9.17) is 4.42 Å². The molecule has 4 aliphatic rings. The van der Waals surface area contributed by atoms with Crippen LogP contribution in [-0.4, -0.2) is 36.2 Å². The number of hydrogen-bond acceptors (Lipinski definition) is 5. The SMILES string of the molecule is O=c1oc2cc(O)ccc2c2c1CC(CCN1CC3CCC(CC3)C1)CN2. The average molecular weight is 368 g/mol. The van der Waals surface area contributed by atoms with Gasteiger partial charge in [-0.3, -0.25) is 0 Å². The second-order valence-electron chi connectivity index (χ2n) is 8.81. The zero-order valence-electron chi connectivity index (χ0n) is 15.7. The molecule has 1 aromatic carbocycles. The summed E-state index contributed by atoms with van der Waals surface area (Å²) in [6, 6.07) is 4.98. The van der Waals surface area contributed by atoms with Gasteiger partial charge in [-0.25, -0.2) is 4.79 Å². The molecule has 3 aliphatic heterocycles. The van der Waals surface area contributed by atoms with E-state index in [2.05, 4.69) is 10.2 Å². The molecule has 5 nitrogen and oxygen atoms in total. The van der Waals surface area contributed by atoms with E-state index in [0.29, 0.717) is 11.5 Å². The van der Waals surface area contributed by atoms with Crippen LogP contribution in [0.15, 0.2) is 27.4 Å². The highest BCUT2D eigenvalue weighted by atomic mass is 16.4. The van der Waals surface area contributed by atoms with Crippen LogP contribution in [0.2, 0.25) is 0 Å². The van der Waals surface area contributed by atoms with E-state index >= 15 is 0 Å². The fraction of sp³-hybridized carbons (Fsp3) is 0.591. The van der Waals surface area contributed by atoms with Gasteiger partial charge in [-0.2, -0.15) is 0 Å². The lowest BCUT2D eigenvalue weighted by atomic mass is 9.84. The first-order chi connectivity index (χ1) is 13.2. The Kier molecular flexibility index (Phi) is 4.35. The van der Waals surface area contributed by atoms with Crippen LogP contribution < -0.4 is 10.9 Å². The number of hydrogen-bond donors (Lipinski definition) is 2. The van der Waals surface area contributed by atoms with E-state index in [1.165, 1.54) is 44.8 Å². The van der Waals surface area contributed by atoms with E-state index in [1.54, 1.807) is 6.07 Å². The number of nitrogens with zero attached hydrogens (tertiary/aromatic N) is 1. The summed E-state index contributed by atoms with van der Waals surface area (Å²) in [4.78, 5) is 15.2. The molecule has 1 unspecified atom stereocenters. The van der Waals surface area contributed by atoms with Crippen LogP contribution >= 0.6 is 0 Å². The Balaban J connectivity index is 1.30. The Hall–Kier alpha value is -2.01. The Morgan fingerprint density at radius 1 is 1.15 bits per heavy atom. The summed E-state index contributed by atoms with van der Waals surface area (Å²) in [5.74, 6) is 2.40. The molecular formula is C22H28N2O3. The first kappa shape index (κ1) is 17.1. The van der Waals surface area contributed by atoms with Crippen molar-refractivity contribution in [2.45, 2.75) is 38.5 Å². The number of phenols is 1. The number of fused-ring (bicyclic) bond motifs is 7. The molecule has 0 amide bonds. The van der Waals surface area contributed by atoms with Gasteiger partial charge < -0.3 is 19.7 Å². The number of anilines is 1. The third-order valence-electron chi connectivity index (χ3n) is 6.90. The number of nitrogens with one attached hydrogen (secondary N) is 1. The van der Waals surface area contributed by atoms with Gasteiger partial charge in [0.15, 0.2) is 0 Å². The first-order valence-corrected chi connectivity index (χ1v) is 10.4. The fourth-order valence-electron chi connectivity index (χ4n) is 5.38. The van der Waals surface area contributed by atoms with Gasteiger partial charge in [0, 0.05) is 31.1 Å². The molecule has 144 valence electrons. The monoisotopic (exact) mass is 368 g/mol. The van der Waals surface area contributed by atoms with Crippen LogP contribution in [0.5, 0.6) is 5.75 Å². The highest BCUT2D eigenvalue weighted by Crippen LogP contribution is 2.35. The molecule has 1 aliphatic carbocycles. The molecule has 0 spiro atoms. The Morgan fingerprint density at radius 3 is 2.63 bits per heavy atom. The van der Waals surface area contributed by atoms with Crippen LogP contribution in [0.4, 0.5) is 5.69 Å². The Morgan fingerprint density at radius 2 is 1.89 bits per heavy atom. The van der Waals surface area contributed by atoms with Gasteiger partial charge in [-0.05, 0) is 75.0 Å². The number of phenolic OH excluding ortho intramolecular Hbond substituents is 1. The number of aromatic hydroxyl groups is 1. The van der Waals surface area contributed by atoms with E-state index < -0.39 is 0 Å². The normalized spacial score (nSPS) is 27.9. The summed E-state index contributed by atoms with van der Waals surface area (Å²) >= 11 is 0. The van der Waals surface area contributed by atoms with Crippen LogP contribution in [0.3, 0.4) is 0 Å². The van der Waals surface area contributed by atoms with Gasteiger partial charge in [0.2, 0.25) is 0 Å². The number of rotatable bonds is 3. The van der Waals surface area contributed by atoms with Gasteiger partial charge in [-0.15, -0.1) is 0 Å². The second-order valence-corrected chi connectivity index (χ2v) is 8.81. The minimum atomic E-state index is -0.270.